The fraction of sp³-hybridized carbons (Fsp3) is 0.853. The Kier molecular flexibility index (Phi) is 11.3. The molecule has 0 aromatic carbocycles. The van der Waals surface area contributed by atoms with Crippen LogP contribution in [0.25, 0.3) is 0 Å². The van der Waals surface area contributed by atoms with Gasteiger partial charge in [0, 0.05) is 19.3 Å². The van der Waals surface area contributed by atoms with Gasteiger partial charge in [-0.2, -0.15) is 8.42 Å². The molecule has 14 nitrogen and oxygen atoms in total. The van der Waals surface area contributed by atoms with Crippen LogP contribution in [0.15, 0.2) is 11.6 Å². The summed E-state index contributed by atoms with van der Waals surface area (Å²) >= 11 is 0. The van der Waals surface area contributed by atoms with E-state index in [9.17, 15) is 42.7 Å². The van der Waals surface area contributed by atoms with E-state index in [1.807, 2.05) is 0 Å². The number of aliphatic carboxylic acids is 1. The number of aliphatic hydroxyl groups is 3. The minimum Gasteiger partial charge on any atom is -0.480 e. The monoisotopic (exact) mass is 714 g/mol. The van der Waals surface area contributed by atoms with Gasteiger partial charge in [0.15, 0.2) is 0 Å². The molecular weight excluding hydrogens is 660 g/mol. The lowest BCUT2D eigenvalue weighted by molar-refractivity contribution is -0.217. The summed E-state index contributed by atoms with van der Waals surface area (Å²) in [5.74, 6) is -1.34. The van der Waals surface area contributed by atoms with Crippen molar-refractivity contribution in [2.45, 2.75) is 122 Å². The molecule has 1 aliphatic heterocycles. The quantitative estimate of drug-likeness (QED) is 0.120. The molecule has 14 atom stereocenters. The molecular formula is C34H54N2O12S. The Morgan fingerprint density at radius 3 is 2.43 bits per heavy atom. The van der Waals surface area contributed by atoms with Crippen molar-refractivity contribution < 1.29 is 56.7 Å². The van der Waals surface area contributed by atoms with Gasteiger partial charge in [0.2, 0.25) is 11.8 Å². The summed E-state index contributed by atoms with van der Waals surface area (Å²) < 4.78 is 44.3. The summed E-state index contributed by atoms with van der Waals surface area (Å²) in [6.45, 7) is 7.07. The number of carboxylic acids is 1. The number of amides is 2. The number of aliphatic hydroxyl groups excluding tert-OH is 3. The van der Waals surface area contributed by atoms with Gasteiger partial charge in [-0.1, -0.05) is 32.4 Å². The number of carboxylic acid groups (broad SMARTS) is 1. The molecule has 0 bridgehead atoms. The van der Waals surface area contributed by atoms with E-state index < -0.39 is 72.0 Å². The van der Waals surface area contributed by atoms with Gasteiger partial charge < -0.3 is 35.8 Å². The highest BCUT2D eigenvalue weighted by molar-refractivity contribution is 7.80. The third-order valence-electron chi connectivity index (χ3n) is 13.2. The van der Waals surface area contributed by atoms with Crippen molar-refractivity contribution in [2.75, 3.05) is 13.2 Å². The minimum absolute atomic E-state index is 0.0191. The zero-order valence-electron chi connectivity index (χ0n) is 28.8. The van der Waals surface area contributed by atoms with E-state index in [0.717, 1.165) is 31.3 Å². The lowest BCUT2D eigenvalue weighted by Crippen LogP contribution is -2.67. The van der Waals surface area contributed by atoms with Crippen LogP contribution < -0.4 is 10.6 Å². The topological polar surface area (TPSA) is 229 Å². The molecule has 0 aromatic rings. The number of rotatable bonds is 11. The Balaban J connectivity index is 1.51. The van der Waals surface area contributed by atoms with Gasteiger partial charge in [-0.15, -0.1) is 0 Å². The van der Waals surface area contributed by atoms with Crippen LogP contribution in [0.3, 0.4) is 0 Å². The first kappa shape index (κ1) is 38.1. The Bertz CT molecular complexity index is 1410. The Morgan fingerprint density at radius 1 is 1.08 bits per heavy atom. The van der Waals surface area contributed by atoms with E-state index in [-0.39, 0.29) is 59.2 Å². The van der Waals surface area contributed by atoms with E-state index in [4.69, 9.17) is 14.0 Å². The van der Waals surface area contributed by atoms with Crippen molar-refractivity contribution in [3.8, 4) is 0 Å². The second-order valence-corrected chi connectivity index (χ2v) is 16.9. The van der Waals surface area contributed by atoms with Crippen molar-refractivity contribution in [2.24, 2.45) is 46.3 Å². The molecule has 2 amide bonds. The molecule has 49 heavy (non-hydrogen) atoms. The van der Waals surface area contributed by atoms with Crippen LogP contribution >= 0.6 is 0 Å². The van der Waals surface area contributed by atoms with Crippen molar-refractivity contribution in [3.05, 3.63) is 11.6 Å². The molecule has 1 saturated heterocycles. The molecule has 15 heteroatoms. The fourth-order valence-corrected chi connectivity index (χ4v) is 11.5. The van der Waals surface area contributed by atoms with E-state index in [0.29, 0.717) is 25.2 Å². The highest BCUT2D eigenvalue weighted by Crippen LogP contribution is 2.69. The molecule has 4 fully saturated rings. The smallest absolute Gasteiger partial charge is 0.397 e. The second-order valence-electron chi connectivity index (χ2n) is 15.8. The summed E-state index contributed by atoms with van der Waals surface area (Å²) in [5.41, 5.74) is 0.555. The molecule has 1 heterocycles. The van der Waals surface area contributed by atoms with E-state index in [1.54, 1.807) is 0 Å². The van der Waals surface area contributed by atoms with Crippen molar-refractivity contribution >= 4 is 28.2 Å². The third kappa shape index (κ3) is 7.58. The molecule has 0 aromatic heterocycles. The summed E-state index contributed by atoms with van der Waals surface area (Å²) in [4.78, 5) is 35.7. The van der Waals surface area contributed by atoms with E-state index in [2.05, 4.69) is 37.5 Å². The second kappa shape index (κ2) is 14.5. The van der Waals surface area contributed by atoms with Crippen LogP contribution in [0, 0.1) is 46.3 Å². The first-order valence-electron chi connectivity index (χ1n) is 17.6. The summed E-state index contributed by atoms with van der Waals surface area (Å²) in [6, 6.07) is -0.982. The van der Waals surface area contributed by atoms with Crippen molar-refractivity contribution in [1.29, 1.82) is 0 Å². The van der Waals surface area contributed by atoms with Crippen LogP contribution in [-0.2, 0) is 33.7 Å². The van der Waals surface area contributed by atoms with Gasteiger partial charge in [0.05, 0.1) is 24.9 Å². The zero-order chi connectivity index (χ0) is 36.1. The first-order chi connectivity index (χ1) is 22.9. The summed E-state index contributed by atoms with van der Waals surface area (Å²) in [6.07, 6.45) is 2.46. The van der Waals surface area contributed by atoms with Crippen LogP contribution in [0.5, 0.6) is 0 Å². The molecule has 3 saturated carbocycles. The SMILES string of the molecule is CC(=O)N[C@@H]1[C@@H](O)[C@H](O)[C@@H](CO)O[C@H]1[C@H]1C=C2C[C@@H](OS(=O)(=O)O)CC[C@]2(C)[C@H]2CC[C@]3(C)[C@@H]([C@H](C)CCC(=O)NCC(=O)O)CC[C@H]3[C@H]12. The minimum atomic E-state index is -4.68. The average molecular weight is 715 g/mol. The number of fused-ring (bicyclic) bond motifs is 5. The Labute approximate surface area is 288 Å². The fourth-order valence-electron chi connectivity index (χ4n) is 10.9. The number of ether oxygens (including phenoxy) is 1. The first-order valence-corrected chi connectivity index (χ1v) is 19.0. The van der Waals surface area contributed by atoms with Gasteiger partial charge in [0.1, 0.15) is 24.9 Å². The molecule has 0 radical (unpaired) electrons. The van der Waals surface area contributed by atoms with Crippen molar-refractivity contribution in [1.82, 2.24) is 10.6 Å². The molecule has 5 aliphatic rings. The Hall–Kier alpha value is -2.14. The van der Waals surface area contributed by atoms with Crippen LogP contribution in [0.2, 0.25) is 0 Å². The lowest BCUT2D eigenvalue weighted by Gasteiger charge is -2.62. The van der Waals surface area contributed by atoms with Gasteiger partial charge in [-0.05, 0) is 91.8 Å². The van der Waals surface area contributed by atoms with Gasteiger partial charge in [-0.3, -0.25) is 18.9 Å². The Morgan fingerprint density at radius 2 is 1.80 bits per heavy atom. The number of carbonyl (C=O) groups excluding carboxylic acids is 2. The highest BCUT2D eigenvalue weighted by atomic mass is 32.3. The summed E-state index contributed by atoms with van der Waals surface area (Å²) in [5, 5.41) is 46.5. The molecule has 4 aliphatic carbocycles. The lowest BCUT2D eigenvalue weighted by atomic mass is 9.44. The standard InChI is InChI=1S/C34H54N2O12S/c1-17(5-8-26(39)35-15-27(40)41)22-6-7-23-28-21(32-29(36-18(2)38)31(43)30(42)25(16-37)47-32)14-19-13-20(48-49(44,45)46)9-11-33(19,3)24(28)10-12-34(22,23)4/h14,17,20-25,28-32,37,42-43H,5-13,15-16H2,1-4H3,(H,35,39)(H,36,38)(H,40,41)(H,44,45,46)/t17-,20+,21+,22-,23+,24+,25-,28+,29-,30-,31-,32+,33+,34-/m1/s1. The number of carbonyl (C=O) groups is 3. The van der Waals surface area contributed by atoms with Crippen LogP contribution in [0.4, 0.5) is 0 Å². The normalized spacial score (nSPS) is 42.5. The highest BCUT2D eigenvalue weighted by Gasteiger charge is 2.63. The maximum Gasteiger partial charge on any atom is 0.397 e. The maximum absolute atomic E-state index is 12.4. The van der Waals surface area contributed by atoms with Crippen molar-refractivity contribution in [3.63, 3.8) is 0 Å². The average Bonchev–Trinajstić information content (AvgIpc) is 3.37. The van der Waals surface area contributed by atoms with Gasteiger partial charge in [-0.25, -0.2) is 4.18 Å². The van der Waals surface area contributed by atoms with Gasteiger partial charge in [0.25, 0.3) is 0 Å². The molecule has 7 N–H and O–H groups in total. The number of hydrogen-bond donors (Lipinski definition) is 7. The summed E-state index contributed by atoms with van der Waals surface area (Å²) in [7, 11) is -4.68. The third-order valence-corrected chi connectivity index (χ3v) is 13.7. The van der Waals surface area contributed by atoms with Crippen LogP contribution in [0.1, 0.15) is 85.5 Å². The molecule has 5 rings (SSSR count). The molecule has 0 spiro atoms. The molecule has 0 unspecified atom stereocenters. The number of nitrogens with one attached hydrogen (secondary N) is 2. The van der Waals surface area contributed by atoms with Crippen LogP contribution in [-0.4, -0.2) is 101 Å². The largest absolute Gasteiger partial charge is 0.480 e. The number of hydrogen-bond acceptors (Lipinski definition) is 10. The van der Waals surface area contributed by atoms with E-state index in [1.165, 1.54) is 6.92 Å². The zero-order valence-corrected chi connectivity index (χ0v) is 29.6. The predicted octanol–water partition coefficient (Wildman–Crippen LogP) is 1.58. The molecule has 278 valence electrons. The van der Waals surface area contributed by atoms with E-state index >= 15 is 0 Å². The maximum atomic E-state index is 12.4. The predicted molar refractivity (Wildman–Crippen MR) is 175 cm³/mol. The van der Waals surface area contributed by atoms with Gasteiger partial charge >= 0.3 is 16.4 Å².